The molecular weight excluding hydrogens is 438 g/mol. The number of anilines is 1. The van der Waals surface area contributed by atoms with Gasteiger partial charge in [-0.15, -0.1) is 0 Å². The van der Waals surface area contributed by atoms with Crippen molar-refractivity contribution in [3.05, 3.63) is 66.6 Å². The monoisotopic (exact) mass is 469 g/mol. The van der Waals surface area contributed by atoms with Gasteiger partial charge in [0.2, 0.25) is 0 Å². The lowest BCUT2D eigenvalue weighted by atomic mass is 9.80. The molecule has 0 amide bonds. The molecule has 0 saturated heterocycles. The summed E-state index contributed by atoms with van der Waals surface area (Å²) in [6, 6.07) is 16.1. The molecule has 180 valence electrons. The van der Waals surface area contributed by atoms with E-state index in [0.717, 1.165) is 59.4 Å². The summed E-state index contributed by atoms with van der Waals surface area (Å²) in [5, 5.41) is 4.47. The number of carbonyl (C=O) groups is 1. The topological polar surface area (TPSA) is 95.4 Å². The minimum atomic E-state index is -0.457. The van der Waals surface area contributed by atoms with Crippen molar-refractivity contribution in [2.45, 2.75) is 58.0 Å². The van der Waals surface area contributed by atoms with Crippen molar-refractivity contribution in [3.8, 4) is 22.4 Å². The highest BCUT2D eigenvalue weighted by Gasteiger charge is 2.31. The molecule has 7 heteroatoms. The zero-order chi connectivity index (χ0) is 24.6. The van der Waals surface area contributed by atoms with Crippen LogP contribution in [-0.2, 0) is 9.53 Å². The quantitative estimate of drug-likeness (QED) is 0.388. The standard InChI is InChI=1S/C28H31N5O2/c1-28(2,3)35-27(34)20-11-9-19(10-12-20)24-15-25(29)33-26(32-24)22(17-31-33)21-13-14-23(30-16-21)18-7-5-4-6-8-18/h4-8,13-17,19-20H,9-12,29H2,1-3H3. The summed E-state index contributed by atoms with van der Waals surface area (Å²) in [5.74, 6) is 0.663. The summed E-state index contributed by atoms with van der Waals surface area (Å²) in [6.45, 7) is 5.73. The van der Waals surface area contributed by atoms with Gasteiger partial charge in [0, 0.05) is 40.6 Å². The Morgan fingerprint density at radius 3 is 2.40 bits per heavy atom. The van der Waals surface area contributed by atoms with Gasteiger partial charge < -0.3 is 10.5 Å². The SMILES string of the molecule is CC(C)(C)OC(=O)C1CCC(c2cc(N)n3ncc(-c4ccc(-c5ccccc5)nc4)c3n2)CC1. The van der Waals surface area contributed by atoms with E-state index in [-0.39, 0.29) is 17.8 Å². The van der Waals surface area contributed by atoms with Gasteiger partial charge in [-0.1, -0.05) is 36.4 Å². The number of nitrogen functional groups attached to an aromatic ring is 1. The number of rotatable bonds is 4. The van der Waals surface area contributed by atoms with Crippen molar-refractivity contribution >= 4 is 17.4 Å². The van der Waals surface area contributed by atoms with Gasteiger partial charge in [0.1, 0.15) is 11.4 Å². The van der Waals surface area contributed by atoms with Crippen LogP contribution in [0.1, 0.15) is 58.1 Å². The smallest absolute Gasteiger partial charge is 0.309 e. The van der Waals surface area contributed by atoms with Gasteiger partial charge in [-0.2, -0.15) is 9.61 Å². The van der Waals surface area contributed by atoms with Gasteiger partial charge in [0.25, 0.3) is 0 Å². The van der Waals surface area contributed by atoms with E-state index in [1.54, 1.807) is 10.7 Å². The maximum absolute atomic E-state index is 12.5. The van der Waals surface area contributed by atoms with Gasteiger partial charge in [-0.3, -0.25) is 9.78 Å². The molecule has 7 nitrogen and oxygen atoms in total. The molecule has 5 rings (SSSR count). The van der Waals surface area contributed by atoms with Gasteiger partial charge in [0.15, 0.2) is 5.65 Å². The van der Waals surface area contributed by atoms with E-state index in [0.29, 0.717) is 5.82 Å². The number of pyridine rings is 1. The Hall–Kier alpha value is -3.74. The van der Waals surface area contributed by atoms with E-state index in [9.17, 15) is 4.79 Å². The molecule has 1 aromatic carbocycles. The van der Waals surface area contributed by atoms with Crippen LogP contribution in [0.25, 0.3) is 28.0 Å². The summed E-state index contributed by atoms with van der Waals surface area (Å²) in [7, 11) is 0. The number of nitrogens with zero attached hydrogens (tertiary/aromatic N) is 4. The first-order valence-electron chi connectivity index (χ1n) is 12.2. The molecule has 0 aliphatic heterocycles. The molecule has 0 atom stereocenters. The number of ether oxygens (including phenoxy) is 1. The van der Waals surface area contributed by atoms with Crippen LogP contribution in [0.15, 0.2) is 60.9 Å². The lowest BCUT2D eigenvalue weighted by molar-refractivity contribution is -0.161. The van der Waals surface area contributed by atoms with E-state index in [1.165, 1.54) is 0 Å². The van der Waals surface area contributed by atoms with Crippen molar-refractivity contribution in [1.29, 1.82) is 0 Å². The van der Waals surface area contributed by atoms with Crippen LogP contribution in [0.3, 0.4) is 0 Å². The molecule has 1 saturated carbocycles. The Balaban J connectivity index is 1.37. The highest BCUT2D eigenvalue weighted by Crippen LogP contribution is 2.37. The average Bonchev–Trinajstić information content (AvgIpc) is 3.28. The van der Waals surface area contributed by atoms with E-state index in [2.05, 4.69) is 10.1 Å². The number of hydrogen-bond acceptors (Lipinski definition) is 6. The average molecular weight is 470 g/mol. The number of benzene rings is 1. The Kier molecular flexibility index (Phi) is 6.01. The fraction of sp³-hybridized carbons (Fsp3) is 0.357. The highest BCUT2D eigenvalue weighted by molar-refractivity contribution is 5.78. The normalized spacial score (nSPS) is 18.5. The lowest BCUT2D eigenvalue weighted by Crippen LogP contribution is -2.30. The molecule has 0 spiro atoms. The summed E-state index contributed by atoms with van der Waals surface area (Å²) in [6.07, 6.45) is 7.00. The van der Waals surface area contributed by atoms with Crippen molar-refractivity contribution in [3.63, 3.8) is 0 Å². The molecule has 1 fully saturated rings. The molecular formula is C28H31N5O2. The van der Waals surface area contributed by atoms with E-state index >= 15 is 0 Å². The van der Waals surface area contributed by atoms with Crippen LogP contribution in [0.5, 0.6) is 0 Å². The first kappa shape index (κ1) is 23.0. The maximum Gasteiger partial charge on any atom is 0.309 e. The fourth-order valence-electron chi connectivity index (χ4n) is 4.76. The molecule has 35 heavy (non-hydrogen) atoms. The number of fused-ring (bicyclic) bond motifs is 1. The molecule has 0 bridgehead atoms. The summed E-state index contributed by atoms with van der Waals surface area (Å²) in [5.41, 5.74) is 11.4. The van der Waals surface area contributed by atoms with Crippen LogP contribution in [0.2, 0.25) is 0 Å². The minimum absolute atomic E-state index is 0.0497. The molecule has 0 radical (unpaired) electrons. The van der Waals surface area contributed by atoms with E-state index < -0.39 is 5.60 Å². The van der Waals surface area contributed by atoms with Gasteiger partial charge in [-0.25, -0.2) is 4.98 Å². The maximum atomic E-state index is 12.5. The molecule has 3 aromatic heterocycles. The van der Waals surface area contributed by atoms with Crippen LogP contribution in [0, 0.1) is 5.92 Å². The predicted octanol–water partition coefficient (Wildman–Crippen LogP) is 5.66. The van der Waals surface area contributed by atoms with Gasteiger partial charge >= 0.3 is 5.97 Å². The number of esters is 1. The zero-order valence-corrected chi connectivity index (χ0v) is 20.4. The zero-order valence-electron chi connectivity index (χ0n) is 20.4. The van der Waals surface area contributed by atoms with Crippen LogP contribution >= 0.6 is 0 Å². The third-order valence-corrected chi connectivity index (χ3v) is 6.55. The summed E-state index contributed by atoms with van der Waals surface area (Å²) in [4.78, 5) is 22.1. The predicted molar refractivity (Wildman–Crippen MR) is 137 cm³/mol. The third kappa shape index (κ3) is 4.90. The van der Waals surface area contributed by atoms with Crippen LogP contribution < -0.4 is 5.73 Å². The Bertz CT molecular complexity index is 1330. The third-order valence-electron chi connectivity index (χ3n) is 6.55. The largest absolute Gasteiger partial charge is 0.460 e. The second-order valence-electron chi connectivity index (χ2n) is 10.3. The summed E-state index contributed by atoms with van der Waals surface area (Å²) >= 11 is 0. The van der Waals surface area contributed by atoms with E-state index in [1.807, 2.05) is 75.5 Å². The highest BCUT2D eigenvalue weighted by atomic mass is 16.6. The van der Waals surface area contributed by atoms with Crippen LogP contribution in [-0.4, -0.2) is 31.2 Å². The molecule has 1 aliphatic carbocycles. The Morgan fingerprint density at radius 1 is 1.00 bits per heavy atom. The lowest BCUT2D eigenvalue weighted by Gasteiger charge is -2.29. The van der Waals surface area contributed by atoms with Gasteiger partial charge in [-0.05, 0) is 52.5 Å². The molecule has 1 aliphatic rings. The number of carbonyl (C=O) groups excluding carboxylic acids is 1. The molecule has 2 N–H and O–H groups in total. The second kappa shape index (κ2) is 9.13. The molecule has 3 heterocycles. The fourth-order valence-corrected chi connectivity index (χ4v) is 4.76. The van der Waals surface area contributed by atoms with Crippen molar-refractivity contribution < 1.29 is 9.53 Å². The Labute approximate surface area is 205 Å². The van der Waals surface area contributed by atoms with E-state index in [4.69, 9.17) is 15.5 Å². The molecule has 4 aromatic rings. The second-order valence-corrected chi connectivity index (χ2v) is 10.3. The summed E-state index contributed by atoms with van der Waals surface area (Å²) < 4.78 is 7.27. The first-order valence-corrected chi connectivity index (χ1v) is 12.2. The van der Waals surface area contributed by atoms with Crippen molar-refractivity contribution in [2.75, 3.05) is 5.73 Å². The Morgan fingerprint density at radius 2 is 1.74 bits per heavy atom. The number of aromatic nitrogens is 4. The van der Waals surface area contributed by atoms with Crippen molar-refractivity contribution in [2.24, 2.45) is 5.92 Å². The first-order chi connectivity index (χ1) is 16.8. The number of hydrogen-bond donors (Lipinski definition) is 1. The van der Waals surface area contributed by atoms with Crippen molar-refractivity contribution in [1.82, 2.24) is 19.6 Å². The van der Waals surface area contributed by atoms with Crippen LogP contribution in [0.4, 0.5) is 5.82 Å². The van der Waals surface area contributed by atoms with Gasteiger partial charge in [0.05, 0.1) is 17.8 Å². The molecule has 0 unspecified atom stereocenters. The minimum Gasteiger partial charge on any atom is -0.460 e. The number of nitrogens with two attached hydrogens (primary N) is 1.